The second-order valence-electron chi connectivity index (χ2n) is 4.36. The Morgan fingerprint density at radius 1 is 1.53 bits per heavy atom. The quantitative estimate of drug-likeness (QED) is 0.805. The predicted octanol–water partition coefficient (Wildman–Crippen LogP) is 0.266. The van der Waals surface area contributed by atoms with E-state index < -0.39 is 0 Å². The van der Waals surface area contributed by atoms with Crippen molar-refractivity contribution >= 4 is 11.7 Å². The number of rotatable bonds is 5. The van der Waals surface area contributed by atoms with E-state index in [4.69, 9.17) is 5.73 Å². The van der Waals surface area contributed by atoms with Crippen LogP contribution in [0.15, 0.2) is 18.5 Å². The summed E-state index contributed by atoms with van der Waals surface area (Å²) in [4.78, 5) is 12.0. The molecule has 8 heteroatoms. The summed E-state index contributed by atoms with van der Waals surface area (Å²) >= 11 is 0. The van der Waals surface area contributed by atoms with Gasteiger partial charge in [0.15, 0.2) is 5.69 Å². The molecule has 0 aliphatic rings. The fourth-order valence-electron chi connectivity index (χ4n) is 1.65. The lowest BCUT2D eigenvalue weighted by Crippen LogP contribution is -2.17. The molecule has 0 aromatic carbocycles. The molecule has 0 saturated carbocycles. The summed E-state index contributed by atoms with van der Waals surface area (Å²) in [6.45, 7) is 4.95. The first-order chi connectivity index (χ1) is 9.11. The third-order valence-electron chi connectivity index (χ3n) is 2.53. The zero-order chi connectivity index (χ0) is 13.8. The van der Waals surface area contributed by atoms with E-state index in [0.29, 0.717) is 18.9 Å². The highest BCUT2D eigenvalue weighted by molar-refractivity contribution is 6.02. The average molecular weight is 263 g/mol. The van der Waals surface area contributed by atoms with E-state index in [2.05, 4.69) is 20.7 Å². The van der Waals surface area contributed by atoms with Gasteiger partial charge in [-0.05, 0) is 13.8 Å². The van der Waals surface area contributed by atoms with E-state index in [1.165, 1.54) is 4.68 Å². The highest BCUT2D eigenvalue weighted by Crippen LogP contribution is 2.13. The maximum atomic E-state index is 12.0. The minimum Gasteiger partial charge on any atom is -0.329 e. The second-order valence-corrected chi connectivity index (χ2v) is 4.36. The van der Waals surface area contributed by atoms with Crippen molar-refractivity contribution in [1.82, 2.24) is 24.8 Å². The summed E-state index contributed by atoms with van der Waals surface area (Å²) in [7, 11) is 0. The lowest BCUT2D eigenvalue weighted by Gasteiger charge is -2.10. The number of anilines is 1. The largest absolute Gasteiger partial charge is 0.329 e. The molecule has 19 heavy (non-hydrogen) atoms. The van der Waals surface area contributed by atoms with Gasteiger partial charge in [0.2, 0.25) is 0 Å². The molecule has 8 nitrogen and oxygen atoms in total. The number of carbonyl (C=O) groups is 1. The summed E-state index contributed by atoms with van der Waals surface area (Å²) in [6, 6.07) is 1.90. The average Bonchev–Trinajstić information content (AvgIpc) is 2.98. The molecule has 2 aromatic heterocycles. The summed E-state index contributed by atoms with van der Waals surface area (Å²) < 4.78 is 3.26. The van der Waals surface area contributed by atoms with Crippen molar-refractivity contribution in [2.75, 3.05) is 11.9 Å². The molecule has 102 valence electrons. The van der Waals surface area contributed by atoms with Gasteiger partial charge in [0.05, 0.1) is 18.9 Å². The van der Waals surface area contributed by atoms with E-state index in [1.54, 1.807) is 23.1 Å². The van der Waals surface area contributed by atoms with Gasteiger partial charge in [0.25, 0.3) is 5.91 Å². The van der Waals surface area contributed by atoms with Crippen molar-refractivity contribution in [3.8, 4) is 0 Å². The summed E-state index contributed by atoms with van der Waals surface area (Å²) in [5.74, 6) is 0.319. The zero-order valence-corrected chi connectivity index (χ0v) is 10.9. The van der Waals surface area contributed by atoms with Crippen LogP contribution in [0.1, 0.15) is 30.4 Å². The van der Waals surface area contributed by atoms with Crippen molar-refractivity contribution in [2.45, 2.75) is 26.4 Å². The molecule has 0 bridgehead atoms. The van der Waals surface area contributed by atoms with Crippen LogP contribution in [0, 0.1) is 0 Å². The molecule has 0 spiro atoms. The summed E-state index contributed by atoms with van der Waals surface area (Å²) in [5.41, 5.74) is 5.66. The topological polar surface area (TPSA) is 104 Å². The minimum atomic E-state index is -0.314. The maximum Gasteiger partial charge on any atom is 0.278 e. The first kappa shape index (κ1) is 13.2. The monoisotopic (exact) mass is 263 g/mol. The Hall–Kier alpha value is -2.22. The van der Waals surface area contributed by atoms with E-state index in [-0.39, 0.29) is 17.6 Å². The van der Waals surface area contributed by atoms with Gasteiger partial charge in [0.1, 0.15) is 5.82 Å². The van der Waals surface area contributed by atoms with Crippen LogP contribution in [0.2, 0.25) is 0 Å². The molecule has 0 fully saturated rings. The van der Waals surface area contributed by atoms with Gasteiger partial charge in [-0.25, -0.2) is 4.68 Å². The van der Waals surface area contributed by atoms with Crippen LogP contribution < -0.4 is 11.1 Å². The molecular weight excluding hydrogens is 246 g/mol. The highest BCUT2D eigenvalue weighted by atomic mass is 16.2. The molecule has 0 unspecified atom stereocenters. The first-order valence-electron chi connectivity index (χ1n) is 6.07. The van der Waals surface area contributed by atoms with E-state index in [1.807, 2.05) is 13.8 Å². The maximum absolute atomic E-state index is 12.0. The fourth-order valence-corrected chi connectivity index (χ4v) is 1.65. The Labute approximate surface area is 110 Å². The molecule has 0 aliphatic carbocycles. The summed E-state index contributed by atoms with van der Waals surface area (Å²) in [6.07, 6.45) is 3.21. The zero-order valence-electron chi connectivity index (χ0n) is 10.9. The standard InChI is InChI=1S/C11H17N7O/c1-8(2)18-10(3-5-13-18)14-11(19)9-7-17(6-4-12)16-15-9/h3,5,7-8H,4,6,12H2,1-2H3,(H,14,19). The van der Waals surface area contributed by atoms with Crippen LogP contribution in [0.4, 0.5) is 5.82 Å². The van der Waals surface area contributed by atoms with Crippen LogP contribution in [-0.4, -0.2) is 37.2 Å². The Bertz CT molecular complexity index is 557. The highest BCUT2D eigenvalue weighted by Gasteiger charge is 2.14. The fraction of sp³-hybridized carbons (Fsp3) is 0.455. The molecule has 2 rings (SSSR count). The third-order valence-corrected chi connectivity index (χ3v) is 2.53. The first-order valence-corrected chi connectivity index (χ1v) is 6.07. The van der Waals surface area contributed by atoms with Crippen molar-refractivity contribution in [1.29, 1.82) is 0 Å². The Balaban J connectivity index is 2.09. The van der Waals surface area contributed by atoms with E-state index >= 15 is 0 Å². The Kier molecular flexibility index (Phi) is 3.91. The van der Waals surface area contributed by atoms with Gasteiger partial charge in [-0.1, -0.05) is 5.21 Å². The van der Waals surface area contributed by atoms with Gasteiger partial charge < -0.3 is 11.1 Å². The molecule has 0 atom stereocenters. The molecule has 0 radical (unpaired) electrons. The van der Waals surface area contributed by atoms with Crippen molar-refractivity contribution < 1.29 is 4.79 Å². The van der Waals surface area contributed by atoms with Gasteiger partial charge >= 0.3 is 0 Å². The number of hydrogen-bond donors (Lipinski definition) is 2. The van der Waals surface area contributed by atoms with Gasteiger partial charge in [-0.2, -0.15) is 5.10 Å². The lowest BCUT2D eigenvalue weighted by molar-refractivity contribution is 0.102. The van der Waals surface area contributed by atoms with E-state index in [9.17, 15) is 4.79 Å². The number of nitrogens with zero attached hydrogens (tertiary/aromatic N) is 5. The van der Waals surface area contributed by atoms with Crippen LogP contribution in [-0.2, 0) is 6.54 Å². The Morgan fingerprint density at radius 2 is 2.32 bits per heavy atom. The van der Waals surface area contributed by atoms with E-state index in [0.717, 1.165) is 0 Å². The smallest absolute Gasteiger partial charge is 0.278 e. The molecular formula is C11H17N7O. The van der Waals surface area contributed by atoms with Gasteiger partial charge in [-0.3, -0.25) is 9.48 Å². The molecule has 0 aliphatic heterocycles. The number of amides is 1. The molecule has 2 heterocycles. The normalized spacial score (nSPS) is 10.9. The predicted molar refractivity (Wildman–Crippen MR) is 69.6 cm³/mol. The summed E-state index contributed by atoms with van der Waals surface area (Å²) in [5, 5.41) is 14.5. The number of nitrogens with one attached hydrogen (secondary N) is 1. The molecule has 2 aromatic rings. The van der Waals surface area contributed by atoms with Crippen LogP contribution >= 0.6 is 0 Å². The number of aromatic nitrogens is 5. The number of hydrogen-bond acceptors (Lipinski definition) is 5. The molecule has 0 saturated heterocycles. The van der Waals surface area contributed by atoms with Crippen LogP contribution in [0.3, 0.4) is 0 Å². The third kappa shape index (κ3) is 2.97. The Morgan fingerprint density at radius 3 is 3.00 bits per heavy atom. The molecule has 3 N–H and O–H groups in total. The van der Waals surface area contributed by atoms with Crippen LogP contribution in [0.5, 0.6) is 0 Å². The number of carbonyl (C=O) groups excluding carboxylic acids is 1. The molecule has 1 amide bonds. The van der Waals surface area contributed by atoms with Crippen molar-refractivity contribution in [2.24, 2.45) is 5.73 Å². The van der Waals surface area contributed by atoms with Gasteiger partial charge in [-0.15, -0.1) is 5.10 Å². The minimum absolute atomic E-state index is 0.165. The second kappa shape index (κ2) is 5.61. The van der Waals surface area contributed by atoms with Crippen LogP contribution in [0.25, 0.3) is 0 Å². The van der Waals surface area contributed by atoms with Gasteiger partial charge in [0, 0.05) is 18.7 Å². The van der Waals surface area contributed by atoms with Crippen molar-refractivity contribution in [3.05, 3.63) is 24.2 Å². The SMILES string of the molecule is CC(C)n1nccc1NC(=O)c1cn(CCN)nn1. The lowest BCUT2D eigenvalue weighted by atomic mass is 10.4. The van der Waals surface area contributed by atoms with Crippen molar-refractivity contribution in [3.63, 3.8) is 0 Å². The number of nitrogens with two attached hydrogens (primary N) is 1.